The minimum absolute atomic E-state index is 0.481. The van der Waals surface area contributed by atoms with Crippen molar-refractivity contribution >= 4 is 23.3 Å². The van der Waals surface area contributed by atoms with Gasteiger partial charge in [-0.25, -0.2) is 14.6 Å². The average Bonchev–Trinajstić information content (AvgIpc) is 3.52. The van der Waals surface area contributed by atoms with Crippen LogP contribution in [0, 0.1) is 11.3 Å². The number of morpholine rings is 1. The molecule has 0 atom stereocenters. The molecule has 0 unspecified atom stereocenters. The van der Waals surface area contributed by atoms with Gasteiger partial charge in [0, 0.05) is 62.4 Å². The smallest absolute Gasteiger partial charge is 0.245 e. The Balaban J connectivity index is 1.15. The van der Waals surface area contributed by atoms with Crippen LogP contribution in [0.15, 0.2) is 61.1 Å². The molecule has 2 saturated heterocycles. The van der Waals surface area contributed by atoms with Crippen molar-refractivity contribution in [2.24, 2.45) is 0 Å². The average molecular weight is 537 g/mol. The van der Waals surface area contributed by atoms with Crippen molar-refractivity contribution in [3.63, 3.8) is 0 Å². The molecule has 11 nitrogen and oxygen atoms in total. The van der Waals surface area contributed by atoms with Gasteiger partial charge in [0.2, 0.25) is 11.9 Å². The van der Waals surface area contributed by atoms with E-state index >= 15 is 0 Å². The summed E-state index contributed by atoms with van der Waals surface area (Å²) in [4.78, 5) is 20.6. The van der Waals surface area contributed by atoms with Gasteiger partial charge >= 0.3 is 0 Å². The molecular formula is C29H32N10O. The van der Waals surface area contributed by atoms with Gasteiger partial charge < -0.3 is 24.8 Å². The number of hydrogen-bond donors (Lipinski definition) is 1. The Morgan fingerprint density at radius 1 is 0.900 bits per heavy atom. The summed E-state index contributed by atoms with van der Waals surface area (Å²) in [5.74, 6) is 1.25. The Morgan fingerprint density at radius 3 is 2.45 bits per heavy atom. The number of nitriles is 1. The summed E-state index contributed by atoms with van der Waals surface area (Å²) in [6, 6.07) is 17.9. The van der Waals surface area contributed by atoms with Crippen molar-refractivity contribution in [1.82, 2.24) is 29.6 Å². The molecule has 2 aliphatic heterocycles. The second-order valence-corrected chi connectivity index (χ2v) is 9.83. The maximum Gasteiger partial charge on any atom is 0.245 e. The third-order valence-corrected chi connectivity index (χ3v) is 7.34. The summed E-state index contributed by atoms with van der Waals surface area (Å²) in [7, 11) is 0. The molecule has 4 heterocycles. The van der Waals surface area contributed by atoms with Crippen LogP contribution in [0.25, 0.3) is 16.9 Å². The molecule has 204 valence electrons. The lowest BCUT2D eigenvalue weighted by Gasteiger charge is -2.33. The van der Waals surface area contributed by atoms with Crippen molar-refractivity contribution < 1.29 is 4.74 Å². The van der Waals surface area contributed by atoms with Crippen LogP contribution in [0.5, 0.6) is 0 Å². The number of likely N-dealkylation sites (N-methyl/N-ethyl adjacent to an activating group) is 1. The second kappa shape index (κ2) is 11.7. The Bertz CT molecular complexity index is 1480. The molecule has 6 rings (SSSR count). The van der Waals surface area contributed by atoms with Gasteiger partial charge in [0.1, 0.15) is 6.33 Å². The number of benzene rings is 2. The fourth-order valence-corrected chi connectivity index (χ4v) is 5.02. The van der Waals surface area contributed by atoms with E-state index in [0.29, 0.717) is 24.7 Å². The van der Waals surface area contributed by atoms with Gasteiger partial charge in [0.25, 0.3) is 0 Å². The first-order valence-corrected chi connectivity index (χ1v) is 13.7. The molecule has 4 aromatic rings. The van der Waals surface area contributed by atoms with Crippen LogP contribution in [0.2, 0.25) is 0 Å². The van der Waals surface area contributed by atoms with Crippen LogP contribution in [-0.4, -0.2) is 88.7 Å². The van der Waals surface area contributed by atoms with E-state index in [1.165, 1.54) is 0 Å². The van der Waals surface area contributed by atoms with Crippen LogP contribution in [0.3, 0.4) is 0 Å². The molecule has 0 aliphatic carbocycles. The first-order valence-electron chi connectivity index (χ1n) is 13.7. The lowest BCUT2D eigenvalue weighted by atomic mass is 10.1. The number of aromatic nitrogens is 5. The number of rotatable bonds is 7. The molecular weight excluding hydrogens is 504 g/mol. The maximum absolute atomic E-state index is 9.62. The van der Waals surface area contributed by atoms with Crippen LogP contribution in [0.1, 0.15) is 12.5 Å². The number of hydrogen-bond acceptors (Lipinski definition) is 10. The van der Waals surface area contributed by atoms with E-state index in [1.807, 2.05) is 42.5 Å². The molecule has 0 radical (unpaired) electrons. The fraction of sp³-hybridized carbons (Fsp3) is 0.345. The normalized spacial score (nSPS) is 16.1. The summed E-state index contributed by atoms with van der Waals surface area (Å²) in [6.07, 6.45) is 3.49. The van der Waals surface area contributed by atoms with Crippen molar-refractivity contribution in [2.45, 2.75) is 6.92 Å². The standard InChI is InChI=1S/C29H32N10O/c1-2-36-9-11-38(12-10-36)29-32-21-39(35-29)25-5-3-24(4-6-25)33-28-31-8-7-27(34-28)23-17-22(20-30)18-26(19-23)37-13-15-40-16-14-37/h3-8,17-19,21H,2,9-16H2,1H3,(H,31,33,34). The number of ether oxygens (including phenoxy) is 1. The van der Waals surface area contributed by atoms with E-state index in [-0.39, 0.29) is 0 Å². The number of nitrogens with one attached hydrogen (secondary N) is 1. The zero-order valence-corrected chi connectivity index (χ0v) is 22.6. The topological polar surface area (TPSA) is 111 Å². The Labute approximate surface area is 233 Å². The van der Waals surface area contributed by atoms with E-state index in [1.54, 1.807) is 17.2 Å². The lowest BCUT2D eigenvalue weighted by molar-refractivity contribution is 0.122. The summed E-state index contributed by atoms with van der Waals surface area (Å²) < 4.78 is 7.29. The summed E-state index contributed by atoms with van der Waals surface area (Å²) in [5.41, 5.74) is 5.00. The molecule has 40 heavy (non-hydrogen) atoms. The van der Waals surface area contributed by atoms with Gasteiger partial charge in [0.15, 0.2) is 0 Å². The zero-order chi connectivity index (χ0) is 27.3. The SMILES string of the molecule is CCN1CCN(c2ncn(-c3ccc(Nc4nccc(-c5cc(C#N)cc(N6CCOCC6)c5)n4)cc3)n2)CC1. The molecule has 0 amide bonds. The van der Waals surface area contributed by atoms with Gasteiger partial charge in [-0.1, -0.05) is 6.92 Å². The van der Waals surface area contributed by atoms with Crippen molar-refractivity contribution in [1.29, 1.82) is 5.26 Å². The summed E-state index contributed by atoms with van der Waals surface area (Å²) in [5, 5.41) is 17.6. The van der Waals surface area contributed by atoms with Crippen LogP contribution in [-0.2, 0) is 4.74 Å². The number of piperazine rings is 1. The van der Waals surface area contributed by atoms with Crippen LogP contribution in [0.4, 0.5) is 23.3 Å². The highest BCUT2D eigenvalue weighted by atomic mass is 16.5. The molecule has 1 N–H and O–H groups in total. The maximum atomic E-state index is 9.62. The van der Waals surface area contributed by atoms with Gasteiger partial charge in [-0.2, -0.15) is 10.2 Å². The second-order valence-electron chi connectivity index (χ2n) is 9.83. The van der Waals surface area contributed by atoms with Crippen LogP contribution >= 0.6 is 0 Å². The highest BCUT2D eigenvalue weighted by Crippen LogP contribution is 2.27. The number of anilines is 4. The highest BCUT2D eigenvalue weighted by molar-refractivity contribution is 5.70. The minimum Gasteiger partial charge on any atom is -0.378 e. The molecule has 2 aliphatic rings. The van der Waals surface area contributed by atoms with Gasteiger partial charge in [0.05, 0.1) is 36.2 Å². The highest BCUT2D eigenvalue weighted by Gasteiger charge is 2.19. The van der Waals surface area contributed by atoms with E-state index in [0.717, 1.165) is 80.1 Å². The first kappa shape index (κ1) is 25.7. The van der Waals surface area contributed by atoms with Crippen LogP contribution < -0.4 is 15.1 Å². The third-order valence-electron chi connectivity index (χ3n) is 7.34. The zero-order valence-electron chi connectivity index (χ0n) is 22.6. The molecule has 2 aromatic carbocycles. The fourth-order valence-electron chi connectivity index (χ4n) is 5.02. The summed E-state index contributed by atoms with van der Waals surface area (Å²) >= 11 is 0. The quantitative estimate of drug-likeness (QED) is 0.378. The van der Waals surface area contributed by atoms with Gasteiger partial charge in [-0.3, -0.25) is 0 Å². The summed E-state index contributed by atoms with van der Waals surface area (Å²) in [6.45, 7) is 10.2. The van der Waals surface area contributed by atoms with Crippen molar-refractivity contribution in [2.75, 3.05) is 74.1 Å². The predicted molar refractivity (Wildman–Crippen MR) is 154 cm³/mol. The lowest BCUT2D eigenvalue weighted by Crippen LogP contribution is -2.46. The monoisotopic (exact) mass is 536 g/mol. The largest absolute Gasteiger partial charge is 0.378 e. The van der Waals surface area contributed by atoms with Crippen molar-refractivity contribution in [3.05, 3.63) is 66.6 Å². The van der Waals surface area contributed by atoms with E-state index in [2.05, 4.69) is 49.0 Å². The predicted octanol–water partition coefficient (Wildman–Crippen LogP) is 3.32. The van der Waals surface area contributed by atoms with E-state index < -0.39 is 0 Å². The molecule has 0 bridgehead atoms. The van der Waals surface area contributed by atoms with E-state index in [4.69, 9.17) is 14.8 Å². The first-order chi connectivity index (χ1) is 19.7. The van der Waals surface area contributed by atoms with Crippen molar-refractivity contribution in [3.8, 4) is 23.0 Å². The molecule has 11 heteroatoms. The molecule has 0 saturated carbocycles. The minimum atomic E-state index is 0.481. The molecule has 2 aromatic heterocycles. The molecule has 0 spiro atoms. The van der Waals surface area contributed by atoms with E-state index in [9.17, 15) is 5.26 Å². The molecule has 2 fully saturated rings. The Hall–Kier alpha value is -4.53. The Kier molecular flexibility index (Phi) is 7.52. The third kappa shape index (κ3) is 5.73. The Morgan fingerprint density at radius 2 is 1.70 bits per heavy atom. The van der Waals surface area contributed by atoms with Gasteiger partial charge in [-0.15, -0.1) is 5.10 Å². The number of nitrogens with zero attached hydrogens (tertiary/aromatic N) is 9. The van der Waals surface area contributed by atoms with Gasteiger partial charge in [-0.05, 0) is 55.1 Å².